The molecule has 2 aliphatic rings. The van der Waals surface area contributed by atoms with E-state index in [2.05, 4.69) is 10.0 Å². The zero-order valence-corrected chi connectivity index (χ0v) is 13.6. The minimum Gasteiger partial charge on any atom is -0.352 e. The first kappa shape index (κ1) is 15.1. The van der Waals surface area contributed by atoms with Crippen molar-refractivity contribution in [2.45, 2.75) is 62.6 Å². The molecule has 1 aromatic heterocycles. The van der Waals surface area contributed by atoms with Crippen LogP contribution in [-0.4, -0.2) is 25.1 Å². The lowest BCUT2D eigenvalue weighted by Crippen LogP contribution is -2.32. The Bertz CT molecular complexity index is 600. The Labute approximate surface area is 127 Å². The van der Waals surface area contributed by atoms with Crippen LogP contribution in [0.1, 0.15) is 44.7 Å². The average Bonchev–Trinajstić information content (AvgIpc) is 3.29. The van der Waals surface area contributed by atoms with E-state index in [0.29, 0.717) is 10.9 Å². The topological polar surface area (TPSA) is 63.1 Å². The second-order valence-corrected chi connectivity index (χ2v) is 8.35. The number of aryl methyl sites for hydroxylation is 1. The predicted octanol–water partition coefficient (Wildman–Crippen LogP) is 1.74. The Morgan fingerprint density at radius 2 is 2.05 bits per heavy atom. The summed E-state index contributed by atoms with van der Waals surface area (Å²) >= 11 is 0. The van der Waals surface area contributed by atoms with Crippen LogP contribution in [0.25, 0.3) is 0 Å². The minimum atomic E-state index is -3.40. The summed E-state index contributed by atoms with van der Waals surface area (Å²) in [7, 11) is -1.50. The van der Waals surface area contributed by atoms with Crippen molar-refractivity contribution in [1.29, 1.82) is 0 Å². The van der Waals surface area contributed by atoms with Crippen LogP contribution in [0.2, 0.25) is 0 Å². The summed E-state index contributed by atoms with van der Waals surface area (Å²) in [4.78, 5) is 0.375. The zero-order valence-electron chi connectivity index (χ0n) is 12.8. The van der Waals surface area contributed by atoms with Gasteiger partial charge in [-0.3, -0.25) is 0 Å². The second kappa shape index (κ2) is 5.74. The summed E-state index contributed by atoms with van der Waals surface area (Å²) in [5, 5.41) is 3.42. The fourth-order valence-corrected chi connectivity index (χ4v) is 4.02. The smallest absolute Gasteiger partial charge is 0.242 e. The Hall–Kier alpha value is -0.850. The van der Waals surface area contributed by atoms with Crippen molar-refractivity contribution >= 4 is 10.0 Å². The molecule has 0 saturated heterocycles. The van der Waals surface area contributed by atoms with Crippen LogP contribution in [0, 0.1) is 5.92 Å². The molecular weight excluding hydrogens is 286 g/mol. The third kappa shape index (κ3) is 4.08. The first-order chi connectivity index (χ1) is 9.94. The van der Waals surface area contributed by atoms with Gasteiger partial charge in [-0.15, -0.1) is 0 Å². The predicted molar refractivity (Wildman–Crippen MR) is 82.4 cm³/mol. The van der Waals surface area contributed by atoms with Gasteiger partial charge in [0.1, 0.15) is 0 Å². The molecule has 1 unspecified atom stereocenters. The van der Waals surface area contributed by atoms with Crippen LogP contribution in [0.3, 0.4) is 0 Å². The van der Waals surface area contributed by atoms with E-state index in [1.807, 2.05) is 18.5 Å². The first-order valence-electron chi connectivity index (χ1n) is 7.85. The monoisotopic (exact) mass is 311 g/mol. The normalized spacial score (nSPS) is 20.7. The van der Waals surface area contributed by atoms with Crippen LogP contribution in [-0.2, 0) is 23.6 Å². The number of hydrogen-bond donors (Lipinski definition) is 2. The van der Waals surface area contributed by atoms with Gasteiger partial charge in [-0.05, 0) is 38.2 Å². The van der Waals surface area contributed by atoms with Crippen molar-refractivity contribution < 1.29 is 8.42 Å². The Morgan fingerprint density at radius 1 is 1.33 bits per heavy atom. The first-order valence-corrected chi connectivity index (χ1v) is 9.33. The summed E-state index contributed by atoms with van der Waals surface area (Å²) in [6, 6.07) is 2.41. The van der Waals surface area contributed by atoms with Gasteiger partial charge in [0, 0.05) is 37.6 Å². The highest BCUT2D eigenvalue weighted by Crippen LogP contribution is 2.33. The minimum absolute atomic E-state index is 0.00995. The Kier molecular flexibility index (Phi) is 4.12. The number of nitrogens with zero attached hydrogens (tertiary/aromatic N) is 1. The molecule has 1 heterocycles. The highest BCUT2D eigenvalue weighted by Gasteiger charge is 2.27. The molecule has 1 atom stereocenters. The van der Waals surface area contributed by atoms with Crippen molar-refractivity contribution in [3.63, 3.8) is 0 Å². The van der Waals surface area contributed by atoms with Gasteiger partial charge >= 0.3 is 0 Å². The number of nitrogens with one attached hydrogen (secondary N) is 2. The quantitative estimate of drug-likeness (QED) is 0.769. The molecule has 0 amide bonds. The van der Waals surface area contributed by atoms with Gasteiger partial charge < -0.3 is 9.88 Å². The molecule has 2 N–H and O–H groups in total. The van der Waals surface area contributed by atoms with Crippen LogP contribution in [0.15, 0.2) is 17.2 Å². The number of aromatic nitrogens is 1. The maximum atomic E-state index is 12.4. The van der Waals surface area contributed by atoms with Gasteiger partial charge in [0.2, 0.25) is 10.0 Å². The van der Waals surface area contributed by atoms with E-state index in [1.54, 1.807) is 12.3 Å². The van der Waals surface area contributed by atoms with Crippen molar-refractivity contribution in [1.82, 2.24) is 14.6 Å². The Balaban J connectivity index is 1.64. The fourth-order valence-electron chi connectivity index (χ4n) is 2.67. The molecule has 0 spiro atoms. The number of sulfonamides is 1. The molecule has 5 nitrogen and oxygen atoms in total. The average molecular weight is 311 g/mol. The van der Waals surface area contributed by atoms with E-state index in [0.717, 1.165) is 24.6 Å². The van der Waals surface area contributed by atoms with Gasteiger partial charge in [0.05, 0.1) is 4.90 Å². The standard InChI is InChI=1S/C15H25N3O2S/c1-11(7-12-3-4-12)17-21(19,20)15-8-14(18(2)10-15)9-16-13-5-6-13/h8,10-13,16-17H,3-7,9H2,1-2H3. The van der Waals surface area contributed by atoms with Crippen molar-refractivity contribution in [2.24, 2.45) is 13.0 Å². The maximum Gasteiger partial charge on any atom is 0.242 e. The SMILES string of the molecule is CC(CC1CC1)NS(=O)(=O)c1cc(CNC2CC2)n(C)c1. The van der Waals surface area contributed by atoms with Crippen molar-refractivity contribution in [2.75, 3.05) is 0 Å². The van der Waals surface area contributed by atoms with E-state index in [1.165, 1.54) is 25.7 Å². The molecule has 2 saturated carbocycles. The van der Waals surface area contributed by atoms with Gasteiger partial charge in [0.15, 0.2) is 0 Å². The van der Waals surface area contributed by atoms with Crippen molar-refractivity contribution in [3.8, 4) is 0 Å². The molecule has 1 aromatic rings. The van der Waals surface area contributed by atoms with Crippen LogP contribution >= 0.6 is 0 Å². The zero-order chi connectivity index (χ0) is 15.0. The van der Waals surface area contributed by atoms with E-state index < -0.39 is 10.0 Å². The lowest BCUT2D eigenvalue weighted by atomic mass is 10.2. The summed E-state index contributed by atoms with van der Waals surface area (Å²) in [6.45, 7) is 2.68. The molecule has 0 bridgehead atoms. The maximum absolute atomic E-state index is 12.4. The lowest BCUT2D eigenvalue weighted by Gasteiger charge is -2.12. The molecule has 21 heavy (non-hydrogen) atoms. The molecular formula is C15H25N3O2S. The lowest BCUT2D eigenvalue weighted by molar-refractivity contribution is 0.530. The van der Waals surface area contributed by atoms with Crippen LogP contribution in [0.5, 0.6) is 0 Å². The third-order valence-electron chi connectivity index (χ3n) is 4.28. The highest BCUT2D eigenvalue weighted by molar-refractivity contribution is 7.89. The molecule has 2 fully saturated rings. The van der Waals surface area contributed by atoms with E-state index in [9.17, 15) is 8.42 Å². The molecule has 3 rings (SSSR count). The summed E-state index contributed by atoms with van der Waals surface area (Å²) < 4.78 is 29.5. The summed E-state index contributed by atoms with van der Waals surface area (Å²) in [5.41, 5.74) is 1.01. The van der Waals surface area contributed by atoms with Gasteiger partial charge in [-0.2, -0.15) is 0 Å². The largest absolute Gasteiger partial charge is 0.352 e. The molecule has 2 aliphatic carbocycles. The molecule has 6 heteroatoms. The van der Waals surface area contributed by atoms with E-state index >= 15 is 0 Å². The van der Waals surface area contributed by atoms with E-state index in [4.69, 9.17) is 0 Å². The van der Waals surface area contributed by atoms with Gasteiger partial charge in [-0.1, -0.05) is 12.8 Å². The molecule has 0 aliphatic heterocycles. The van der Waals surface area contributed by atoms with Crippen LogP contribution in [0.4, 0.5) is 0 Å². The highest BCUT2D eigenvalue weighted by atomic mass is 32.2. The fraction of sp³-hybridized carbons (Fsp3) is 0.733. The number of hydrogen-bond acceptors (Lipinski definition) is 3. The van der Waals surface area contributed by atoms with E-state index in [-0.39, 0.29) is 6.04 Å². The molecule has 0 radical (unpaired) electrons. The molecule has 118 valence electrons. The summed E-state index contributed by atoms with van der Waals surface area (Å²) in [6.07, 6.45) is 7.60. The third-order valence-corrected chi connectivity index (χ3v) is 5.84. The van der Waals surface area contributed by atoms with Crippen molar-refractivity contribution in [3.05, 3.63) is 18.0 Å². The van der Waals surface area contributed by atoms with Gasteiger partial charge in [-0.25, -0.2) is 13.1 Å². The van der Waals surface area contributed by atoms with Crippen LogP contribution < -0.4 is 10.0 Å². The summed E-state index contributed by atoms with van der Waals surface area (Å²) in [5.74, 6) is 0.719. The Morgan fingerprint density at radius 3 is 2.67 bits per heavy atom. The number of rotatable bonds is 8. The molecule has 0 aromatic carbocycles. The second-order valence-electron chi connectivity index (χ2n) is 6.63. The van der Waals surface area contributed by atoms with Gasteiger partial charge in [0.25, 0.3) is 0 Å².